The third-order valence-corrected chi connectivity index (χ3v) is 6.88. The van der Waals surface area contributed by atoms with Gasteiger partial charge in [0.15, 0.2) is 0 Å². The quantitative estimate of drug-likeness (QED) is 0.486. The third kappa shape index (κ3) is 5.90. The number of halogens is 1. The first-order valence-corrected chi connectivity index (χ1v) is 12.1. The Kier molecular flexibility index (Phi) is 6.96. The van der Waals surface area contributed by atoms with E-state index in [1.165, 1.54) is 0 Å². The van der Waals surface area contributed by atoms with Gasteiger partial charge in [0, 0.05) is 22.8 Å². The molecule has 0 bridgehead atoms. The summed E-state index contributed by atoms with van der Waals surface area (Å²) in [7, 11) is -3.77. The number of amides is 1. The number of nitrogens with one attached hydrogen (secondary N) is 2. The summed E-state index contributed by atoms with van der Waals surface area (Å²) in [5, 5.41) is 3.47. The third-order valence-electron chi connectivity index (χ3n) is 5.11. The summed E-state index contributed by atoms with van der Waals surface area (Å²) in [5.41, 5.74) is 3.20. The molecule has 168 valence electrons. The van der Waals surface area contributed by atoms with Crippen LogP contribution in [0.3, 0.4) is 0 Å². The highest BCUT2D eigenvalue weighted by molar-refractivity contribution is 7.92. The summed E-state index contributed by atoms with van der Waals surface area (Å²) < 4.78 is 28.6. The van der Waals surface area contributed by atoms with E-state index in [-0.39, 0.29) is 16.2 Å². The number of anilines is 1. The van der Waals surface area contributed by atoms with E-state index in [0.29, 0.717) is 28.4 Å². The molecule has 0 saturated heterocycles. The lowest BCUT2D eigenvalue weighted by Crippen LogP contribution is -2.22. The average Bonchev–Trinajstić information content (AvgIpc) is 2.72. The number of aryl methyl sites for hydroxylation is 1. The van der Waals surface area contributed by atoms with Crippen molar-refractivity contribution in [2.24, 2.45) is 0 Å². The molecule has 0 aromatic heterocycles. The van der Waals surface area contributed by atoms with Crippen LogP contribution in [0.1, 0.15) is 47.8 Å². The maximum atomic E-state index is 13.0. The monoisotopic (exact) mass is 470 g/mol. The van der Waals surface area contributed by atoms with Crippen LogP contribution < -0.4 is 10.0 Å². The number of carbonyl (C=O) groups excluding carboxylic acids is 1. The number of carbonyl (C=O) groups is 1. The fraction of sp³-hybridized carbons (Fsp3) is 0.240. The average molecular weight is 471 g/mol. The van der Waals surface area contributed by atoms with E-state index in [1.807, 2.05) is 45.0 Å². The molecule has 5 nitrogen and oxygen atoms in total. The number of rotatable bonds is 6. The Labute approximate surface area is 194 Å². The summed E-state index contributed by atoms with van der Waals surface area (Å²) in [4.78, 5) is 12.6. The molecule has 3 rings (SSSR count). The van der Waals surface area contributed by atoms with Crippen molar-refractivity contribution in [2.75, 3.05) is 4.72 Å². The Bertz CT molecular complexity index is 1210. The van der Waals surface area contributed by atoms with Crippen LogP contribution in [0.2, 0.25) is 5.02 Å². The predicted molar refractivity (Wildman–Crippen MR) is 130 cm³/mol. The molecule has 0 aliphatic rings. The standard InChI is InChI=1S/C25H27ClN2O3S/c1-17-5-10-20(25(2,3)4)15-23(17)32(30,31)28-22-13-8-19(9-14-22)24(29)27-16-18-6-11-21(26)12-7-18/h5-15,28H,16H2,1-4H3,(H,27,29). The van der Waals surface area contributed by atoms with Crippen LogP contribution in [0.4, 0.5) is 5.69 Å². The van der Waals surface area contributed by atoms with Crippen LogP contribution in [-0.4, -0.2) is 14.3 Å². The lowest BCUT2D eigenvalue weighted by Gasteiger charge is -2.21. The van der Waals surface area contributed by atoms with Crippen LogP contribution in [0, 0.1) is 6.92 Å². The van der Waals surface area contributed by atoms with Crippen molar-refractivity contribution >= 4 is 33.2 Å². The lowest BCUT2D eigenvalue weighted by molar-refractivity contribution is 0.0951. The molecule has 0 spiro atoms. The Morgan fingerprint density at radius 1 is 0.938 bits per heavy atom. The van der Waals surface area contributed by atoms with Gasteiger partial charge in [-0.05, 0) is 71.5 Å². The molecule has 0 saturated carbocycles. The van der Waals surface area contributed by atoms with Crippen LogP contribution in [0.25, 0.3) is 0 Å². The van der Waals surface area contributed by atoms with Crippen molar-refractivity contribution < 1.29 is 13.2 Å². The van der Waals surface area contributed by atoms with Crippen molar-refractivity contribution in [3.05, 3.63) is 94.0 Å². The topological polar surface area (TPSA) is 75.3 Å². The van der Waals surface area contributed by atoms with Gasteiger partial charge in [-0.2, -0.15) is 0 Å². The molecular formula is C25H27ClN2O3S. The molecule has 0 radical (unpaired) electrons. The normalized spacial score (nSPS) is 11.8. The highest BCUT2D eigenvalue weighted by atomic mass is 35.5. The van der Waals surface area contributed by atoms with E-state index in [2.05, 4.69) is 10.0 Å². The highest BCUT2D eigenvalue weighted by Crippen LogP contribution is 2.28. The van der Waals surface area contributed by atoms with Gasteiger partial charge in [-0.25, -0.2) is 8.42 Å². The van der Waals surface area contributed by atoms with Gasteiger partial charge in [0.2, 0.25) is 0 Å². The van der Waals surface area contributed by atoms with Gasteiger partial charge in [0.25, 0.3) is 15.9 Å². The summed E-state index contributed by atoms with van der Waals surface area (Å²) in [6.07, 6.45) is 0. The Morgan fingerprint density at radius 3 is 2.16 bits per heavy atom. The molecule has 0 atom stereocenters. The first kappa shape index (κ1) is 23.8. The minimum absolute atomic E-state index is 0.168. The maximum absolute atomic E-state index is 13.0. The molecule has 0 heterocycles. The Morgan fingerprint density at radius 2 is 1.56 bits per heavy atom. The molecule has 3 aromatic rings. The van der Waals surface area contributed by atoms with Gasteiger partial charge in [0.1, 0.15) is 0 Å². The molecule has 0 aliphatic carbocycles. The van der Waals surface area contributed by atoms with Crippen molar-refractivity contribution in [2.45, 2.75) is 44.6 Å². The molecule has 0 fully saturated rings. The Hall–Kier alpha value is -2.83. The van der Waals surface area contributed by atoms with Crippen molar-refractivity contribution in [3.8, 4) is 0 Å². The fourth-order valence-corrected chi connectivity index (χ4v) is 4.60. The molecule has 1 amide bonds. The van der Waals surface area contributed by atoms with E-state index < -0.39 is 10.0 Å². The zero-order valence-corrected chi connectivity index (χ0v) is 20.1. The SMILES string of the molecule is Cc1ccc(C(C)(C)C)cc1S(=O)(=O)Nc1ccc(C(=O)NCc2ccc(Cl)cc2)cc1. The van der Waals surface area contributed by atoms with Crippen molar-refractivity contribution in [1.82, 2.24) is 5.32 Å². The van der Waals surface area contributed by atoms with Gasteiger partial charge in [-0.15, -0.1) is 0 Å². The first-order valence-electron chi connectivity index (χ1n) is 10.2. The number of sulfonamides is 1. The zero-order chi connectivity index (χ0) is 23.5. The first-order chi connectivity index (χ1) is 15.0. The highest BCUT2D eigenvalue weighted by Gasteiger charge is 2.21. The van der Waals surface area contributed by atoms with Crippen LogP contribution in [-0.2, 0) is 22.0 Å². The second-order valence-electron chi connectivity index (χ2n) is 8.72. The lowest BCUT2D eigenvalue weighted by atomic mass is 9.87. The summed E-state index contributed by atoms with van der Waals surface area (Å²) in [5.74, 6) is -0.247. The van der Waals surface area contributed by atoms with Crippen LogP contribution in [0.15, 0.2) is 71.6 Å². The second-order valence-corrected chi connectivity index (χ2v) is 10.8. The Balaban J connectivity index is 1.71. The molecule has 7 heteroatoms. The molecule has 32 heavy (non-hydrogen) atoms. The molecule has 3 aromatic carbocycles. The van der Waals surface area contributed by atoms with Crippen molar-refractivity contribution in [1.29, 1.82) is 0 Å². The van der Waals surface area contributed by atoms with Gasteiger partial charge in [0.05, 0.1) is 4.90 Å². The second kappa shape index (κ2) is 9.35. The van der Waals surface area contributed by atoms with E-state index in [4.69, 9.17) is 11.6 Å². The van der Waals surface area contributed by atoms with Gasteiger partial charge < -0.3 is 5.32 Å². The number of benzene rings is 3. The minimum Gasteiger partial charge on any atom is -0.348 e. The minimum atomic E-state index is -3.77. The summed E-state index contributed by atoms with van der Waals surface area (Å²) in [6, 6.07) is 19.1. The largest absolute Gasteiger partial charge is 0.348 e. The van der Waals surface area contributed by atoms with E-state index in [1.54, 1.807) is 49.4 Å². The van der Waals surface area contributed by atoms with E-state index >= 15 is 0 Å². The van der Waals surface area contributed by atoms with Crippen LogP contribution >= 0.6 is 11.6 Å². The van der Waals surface area contributed by atoms with Crippen LogP contribution in [0.5, 0.6) is 0 Å². The van der Waals surface area contributed by atoms with E-state index in [9.17, 15) is 13.2 Å². The molecular weight excluding hydrogens is 444 g/mol. The predicted octanol–water partition coefficient (Wildman–Crippen LogP) is 5.68. The van der Waals surface area contributed by atoms with Gasteiger partial charge in [-0.1, -0.05) is 56.6 Å². The van der Waals surface area contributed by atoms with Crippen molar-refractivity contribution in [3.63, 3.8) is 0 Å². The van der Waals surface area contributed by atoms with Gasteiger partial charge >= 0.3 is 0 Å². The number of hydrogen-bond donors (Lipinski definition) is 2. The molecule has 0 aliphatic heterocycles. The maximum Gasteiger partial charge on any atom is 0.262 e. The summed E-state index contributed by atoms with van der Waals surface area (Å²) in [6.45, 7) is 8.26. The summed E-state index contributed by atoms with van der Waals surface area (Å²) >= 11 is 5.87. The smallest absolute Gasteiger partial charge is 0.262 e. The molecule has 2 N–H and O–H groups in total. The van der Waals surface area contributed by atoms with Gasteiger partial charge in [-0.3, -0.25) is 9.52 Å². The fourth-order valence-electron chi connectivity index (χ4n) is 3.14. The zero-order valence-electron chi connectivity index (χ0n) is 18.6. The number of hydrogen-bond acceptors (Lipinski definition) is 3. The molecule has 0 unspecified atom stereocenters. The van der Waals surface area contributed by atoms with E-state index in [0.717, 1.165) is 11.1 Å².